The lowest BCUT2D eigenvalue weighted by Crippen LogP contribution is -2.14. The van der Waals surface area contributed by atoms with Crippen LogP contribution in [0.2, 0.25) is 0 Å². The maximum absolute atomic E-state index is 11.5. The van der Waals surface area contributed by atoms with Crippen molar-refractivity contribution in [3.05, 3.63) is 0 Å². The lowest BCUT2D eigenvalue weighted by atomic mass is 10.0. The van der Waals surface area contributed by atoms with Crippen LogP contribution in [0.3, 0.4) is 0 Å². The first kappa shape index (κ1) is 23.4. The van der Waals surface area contributed by atoms with Gasteiger partial charge in [-0.2, -0.15) is 0 Å². The molecular weight excluding hydrogens is 302 g/mol. The number of unbranched alkanes of at least 4 members (excludes halogenated alkanes) is 12. The Morgan fingerprint density at radius 3 is 1.71 bits per heavy atom. The molecule has 0 aliphatic heterocycles. The van der Waals surface area contributed by atoms with Crippen molar-refractivity contribution >= 4 is 5.97 Å². The fourth-order valence-electron chi connectivity index (χ4n) is 2.76. The molecule has 0 aliphatic carbocycles. The minimum atomic E-state index is -0.102. The van der Waals surface area contributed by atoms with Crippen molar-refractivity contribution < 1.29 is 14.3 Å². The molecule has 0 saturated heterocycles. The summed E-state index contributed by atoms with van der Waals surface area (Å²) in [6, 6.07) is 0. The molecule has 0 aromatic heterocycles. The van der Waals surface area contributed by atoms with Crippen LogP contribution in [0.15, 0.2) is 0 Å². The van der Waals surface area contributed by atoms with E-state index in [-0.39, 0.29) is 5.97 Å². The summed E-state index contributed by atoms with van der Waals surface area (Å²) in [7, 11) is 0. The molecule has 24 heavy (non-hydrogen) atoms. The van der Waals surface area contributed by atoms with Gasteiger partial charge in [-0.05, 0) is 6.42 Å². The first-order valence-electron chi connectivity index (χ1n) is 10.2. The second kappa shape index (κ2) is 20.4. The Bertz CT molecular complexity index is 259. The quantitative estimate of drug-likeness (QED) is 0.265. The van der Waals surface area contributed by atoms with E-state index in [9.17, 15) is 4.79 Å². The maximum atomic E-state index is 11.5. The van der Waals surface area contributed by atoms with Crippen LogP contribution in [0, 0.1) is 0 Å². The Hall–Kier alpha value is -0.610. The highest BCUT2D eigenvalue weighted by Gasteiger charge is 2.02. The summed E-state index contributed by atoms with van der Waals surface area (Å²) in [5.41, 5.74) is 5.30. The van der Waals surface area contributed by atoms with Gasteiger partial charge in [0.1, 0.15) is 6.61 Å². The van der Waals surface area contributed by atoms with Gasteiger partial charge in [-0.25, -0.2) is 0 Å². The van der Waals surface area contributed by atoms with Gasteiger partial charge in [0.15, 0.2) is 0 Å². The van der Waals surface area contributed by atoms with Crippen molar-refractivity contribution in [2.45, 2.75) is 96.8 Å². The Kier molecular flexibility index (Phi) is 19.9. The molecule has 0 rings (SSSR count). The number of hydrogen-bond acceptors (Lipinski definition) is 4. The van der Waals surface area contributed by atoms with Crippen LogP contribution in [0.4, 0.5) is 0 Å². The van der Waals surface area contributed by atoms with Gasteiger partial charge in [0.05, 0.1) is 13.2 Å². The molecule has 0 aromatic carbocycles. The summed E-state index contributed by atoms with van der Waals surface area (Å²) >= 11 is 0. The first-order valence-corrected chi connectivity index (χ1v) is 10.2. The summed E-state index contributed by atoms with van der Waals surface area (Å²) in [6.45, 7) is 4.09. The van der Waals surface area contributed by atoms with Gasteiger partial charge < -0.3 is 15.2 Å². The van der Waals surface area contributed by atoms with Crippen LogP contribution in [-0.2, 0) is 14.3 Å². The van der Waals surface area contributed by atoms with E-state index < -0.39 is 0 Å². The molecule has 0 fully saturated rings. The highest BCUT2D eigenvalue weighted by Crippen LogP contribution is 2.13. The number of carbonyl (C=O) groups excluding carboxylic acids is 1. The molecular formula is C20H41NO3. The summed E-state index contributed by atoms with van der Waals surface area (Å²) in [6.07, 6.45) is 17.7. The fraction of sp³-hybridized carbons (Fsp3) is 0.950. The van der Waals surface area contributed by atoms with Crippen LogP contribution in [-0.4, -0.2) is 32.3 Å². The standard InChI is InChI=1S/C20H41NO3/c1-2-3-4-5-6-7-8-9-10-11-12-13-14-15-20(22)24-19-18-23-17-16-21/h2-19,21H2,1H3. The third-order valence-corrected chi connectivity index (χ3v) is 4.24. The van der Waals surface area contributed by atoms with Gasteiger partial charge in [-0.3, -0.25) is 4.79 Å². The summed E-state index contributed by atoms with van der Waals surface area (Å²) in [4.78, 5) is 11.5. The lowest BCUT2D eigenvalue weighted by Gasteiger charge is -2.05. The van der Waals surface area contributed by atoms with Crippen molar-refractivity contribution in [1.82, 2.24) is 0 Å². The Balaban J connectivity index is 3.10. The molecule has 0 amide bonds. The molecule has 0 heterocycles. The van der Waals surface area contributed by atoms with E-state index in [0.29, 0.717) is 32.8 Å². The highest BCUT2D eigenvalue weighted by molar-refractivity contribution is 5.69. The molecule has 0 unspecified atom stereocenters. The van der Waals surface area contributed by atoms with E-state index in [1.807, 2.05) is 0 Å². The van der Waals surface area contributed by atoms with Gasteiger partial charge >= 0.3 is 5.97 Å². The Morgan fingerprint density at radius 2 is 1.21 bits per heavy atom. The highest BCUT2D eigenvalue weighted by atomic mass is 16.6. The van der Waals surface area contributed by atoms with Gasteiger partial charge in [-0.1, -0.05) is 84.0 Å². The van der Waals surface area contributed by atoms with Crippen molar-refractivity contribution in [3.8, 4) is 0 Å². The predicted octanol–water partition coefficient (Wildman–Crippen LogP) is 4.99. The monoisotopic (exact) mass is 343 g/mol. The number of ether oxygens (including phenoxy) is 2. The van der Waals surface area contributed by atoms with Crippen molar-refractivity contribution in [3.63, 3.8) is 0 Å². The number of esters is 1. The number of rotatable bonds is 19. The topological polar surface area (TPSA) is 61.5 Å². The van der Waals surface area contributed by atoms with Gasteiger partial charge in [0, 0.05) is 13.0 Å². The second-order valence-corrected chi connectivity index (χ2v) is 6.61. The predicted molar refractivity (Wildman–Crippen MR) is 101 cm³/mol. The SMILES string of the molecule is CCCCCCCCCCCCCCCC(=O)OCCOCCN. The van der Waals surface area contributed by atoms with E-state index in [1.165, 1.54) is 70.6 Å². The average Bonchev–Trinajstić information content (AvgIpc) is 2.59. The number of nitrogens with two attached hydrogens (primary N) is 1. The van der Waals surface area contributed by atoms with E-state index in [2.05, 4.69) is 6.92 Å². The minimum absolute atomic E-state index is 0.102. The molecule has 0 bridgehead atoms. The van der Waals surface area contributed by atoms with Crippen LogP contribution in [0.25, 0.3) is 0 Å². The minimum Gasteiger partial charge on any atom is -0.463 e. The van der Waals surface area contributed by atoms with Crippen molar-refractivity contribution in [1.29, 1.82) is 0 Å². The molecule has 0 radical (unpaired) electrons. The zero-order valence-electron chi connectivity index (χ0n) is 16.0. The molecule has 0 spiro atoms. The number of hydrogen-bond donors (Lipinski definition) is 1. The zero-order chi connectivity index (χ0) is 17.7. The van der Waals surface area contributed by atoms with Crippen LogP contribution in [0.1, 0.15) is 96.8 Å². The van der Waals surface area contributed by atoms with E-state index in [0.717, 1.165) is 12.8 Å². The normalized spacial score (nSPS) is 10.9. The zero-order valence-corrected chi connectivity index (χ0v) is 16.0. The summed E-state index contributed by atoms with van der Waals surface area (Å²) in [5.74, 6) is -0.102. The molecule has 0 aromatic rings. The van der Waals surface area contributed by atoms with Crippen LogP contribution >= 0.6 is 0 Å². The van der Waals surface area contributed by atoms with Gasteiger partial charge in [-0.15, -0.1) is 0 Å². The molecule has 0 aliphatic rings. The van der Waals surface area contributed by atoms with Crippen molar-refractivity contribution in [2.24, 2.45) is 5.73 Å². The average molecular weight is 344 g/mol. The summed E-state index contributed by atoms with van der Waals surface area (Å²) in [5, 5.41) is 0. The molecule has 0 atom stereocenters. The third kappa shape index (κ3) is 19.4. The first-order chi connectivity index (χ1) is 11.8. The van der Waals surface area contributed by atoms with E-state index in [1.54, 1.807) is 0 Å². The molecule has 4 heteroatoms. The Labute approximate surface area is 149 Å². The van der Waals surface area contributed by atoms with Crippen molar-refractivity contribution in [2.75, 3.05) is 26.4 Å². The molecule has 2 N–H and O–H groups in total. The van der Waals surface area contributed by atoms with Crippen LogP contribution in [0.5, 0.6) is 0 Å². The largest absolute Gasteiger partial charge is 0.463 e. The smallest absolute Gasteiger partial charge is 0.305 e. The second-order valence-electron chi connectivity index (χ2n) is 6.61. The maximum Gasteiger partial charge on any atom is 0.305 e. The number of carbonyl (C=O) groups is 1. The lowest BCUT2D eigenvalue weighted by molar-refractivity contribution is -0.145. The van der Waals surface area contributed by atoms with E-state index >= 15 is 0 Å². The van der Waals surface area contributed by atoms with Crippen LogP contribution < -0.4 is 5.73 Å². The molecule has 0 saturated carbocycles. The van der Waals surface area contributed by atoms with Gasteiger partial charge in [0.25, 0.3) is 0 Å². The Morgan fingerprint density at radius 1 is 0.708 bits per heavy atom. The third-order valence-electron chi connectivity index (χ3n) is 4.24. The summed E-state index contributed by atoms with van der Waals surface area (Å²) < 4.78 is 10.2. The van der Waals surface area contributed by atoms with Gasteiger partial charge in [0.2, 0.25) is 0 Å². The molecule has 4 nitrogen and oxygen atoms in total. The fourth-order valence-corrected chi connectivity index (χ4v) is 2.76. The van der Waals surface area contributed by atoms with E-state index in [4.69, 9.17) is 15.2 Å². The molecule has 144 valence electrons.